The summed E-state index contributed by atoms with van der Waals surface area (Å²) in [5, 5.41) is 0. The lowest BCUT2D eigenvalue weighted by Gasteiger charge is -2.07. The molecular formula is C15H18O. The lowest BCUT2D eigenvalue weighted by Crippen LogP contribution is -1.91. The monoisotopic (exact) mass is 214 g/mol. The van der Waals surface area contributed by atoms with Crippen LogP contribution in [0.4, 0.5) is 0 Å². The van der Waals surface area contributed by atoms with E-state index in [1.54, 1.807) is 7.11 Å². The van der Waals surface area contributed by atoms with E-state index in [9.17, 15) is 0 Å². The topological polar surface area (TPSA) is 9.23 Å². The SMILES string of the molecule is COc1ccc2c(c1)CC=CC(C(C)C)=C2. The van der Waals surface area contributed by atoms with E-state index in [1.165, 1.54) is 16.7 Å². The molecule has 0 amide bonds. The van der Waals surface area contributed by atoms with E-state index in [1.807, 2.05) is 6.07 Å². The molecule has 1 aliphatic rings. The summed E-state index contributed by atoms with van der Waals surface area (Å²) in [6, 6.07) is 6.29. The maximum absolute atomic E-state index is 5.25. The minimum atomic E-state index is 0.573. The molecule has 0 fully saturated rings. The van der Waals surface area contributed by atoms with Crippen molar-refractivity contribution in [2.45, 2.75) is 20.3 Å². The molecule has 0 N–H and O–H groups in total. The number of rotatable bonds is 2. The van der Waals surface area contributed by atoms with Gasteiger partial charge < -0.3 is 4.74 Å². The van der Waals surface area contributed by atoms with Crippen LogP contribution in [0.3, 0.4) is 0 Å². The van der Waals surface area contributed by atoms with Gasteiger partial charge in [0.05, 0.1) is 7.11 Å². The van der Waals surface area contributed by atoms with Gasteiger partial charge in [0.2, 0.25) is 0 Å². The van der Waals surface area contributed by atoms with E-state index >= 15 is 0 Å². The highest BCUT2D eigenvalue weighted by molar-refractivity contribution is 5.62. The highest BCUT2D eigenvalue weighted by Gasteiger charge is 2.07. The maximum Gasteiger partial charge on any atom is 0.119 e. The summed E-state index contributed by atoms with van der Waals surface area (Å²) in [5.41, 5.74) is 4.05. The van der Waals surface area contributed by atoms with Gasteiger partial charge in [-0.15, -0.1) is 0 Å². The molecule has 0 aliphatic heterocycles. The number of benzene rings is 1. The Hall–Kier alpha value is -1.50. The molecule has 16 heavy (non-hydrogen) atoms. The van der Waals surface area contributed by atoms with Crippen LogP contribution in [0.5, 0.6) is 5.75 Å². The van der Waals surface area contributed by atoms with Crippen molar-refractivity contribution in [2.75, 3.05) is 7.11 Å². The summed E-state index contributed by atoms with van der Waals surface area (Å²) in [6.45, 7) is 4.45. The van der Waals surface area contributed by atoms with Crippen molar-refractivity contribution in [3.63, 3.8) is 0 Å². The summed E-state index contributed by atoms with van der Waals surface area (Å²) in [7, 11) is 1.71. The van der Waals surface area contributed by atoms with Crippen LogP contribution in [-0.2, 0) is 6.42 Å². The second kappa shape index (κ2) is 4.56. The first kappa shape index (κ1) is 11.0. The van der Waals surface area contributed by atoms with Crippen LogP contribution in [0.25, 0.3) is 6.08 Å². The third kappa shape index (κ3) is 2.19. The zero-order valence-electron chi connectivity index (χ0n) is 10.2. The van der Waals surface area contributed by atoms with Crippen molar-refractivity contribution in [1.82, 2.24) is 0 Å². The molecule has 0 aromatic heterocycles. The largest absolute Gasteiger partial charge is 0.497 e. The molecule has 1 aromatic rings. The molecule has 1 aromatic carbocycles. The van der Waals surface area contributed by atoms with E-state index in [0.29, 0.717) is 5.92 Å². The Morgan fingerprint density at radius 1 is 1.25 bits per heavy atom. The fourth-order valence-electron chi connectivity index (χ4n) is 1.94. The number of fused-ring (bicyclic) bond motifs is 1. The summed E-state index contributed by atoms with van der Waals surface area (Å²) >= 11 is 0. The predicted octanol–water partition coefficient (Wildman–Crippen LogP) is 3.85. The number of hydrogen-bond acceptors (Lipinski definition) is 1. The molecule has 0 radical (unpaired) electrons. The Labute approximate surface area is 97.4 Å². The molecule has 2 rings (SSSR count). The van der Waals surface area contributed by atoms with Crippen molar-refractivity contribution < 1.29 is 4.74 Å². The molecule has 1 aliphatic carbocycles. The van der Waals surface area contributed by atoms with Gasteiger partial charge in [-0.2, -0.15) is 0 Å². The van der Waals surface area contributed by atoms with Crippen molar-refractivity contribution in [2.24, 2.45) is 5.92 Å². The van der Waals surface area contributed by atoms with Crippen LogP contribution in [0.2, 0.25) is 0 Å². The first-order chi connectivity index (χ1) is 7.70. The fourth-order valence-corrected chi connectivity index (χ4v) is 1.94. The Morgan fingerprint density at radius 3 is 2.75 bits per heavy atom. The summed E-state index contributed by atoms with van der Waals surface area (Å²) in [6.07, 6.45) is 7.73. The highest BCUT2D eigenvalue weighted by Crippen LogP contribution is 2.26. The molecule has 0 atom stereocenters. The molecule has 1 nitrogen and oxygen atoms in total. The second-order valence-electron chi connectivity index (χ2n) is 4.47. The fraction of sp³-hybridized carbons (Fsp3) is 0.333. The van der Waals surface area contributed by atoms with Crippen LogP contribution in [0.15, 0.2) is 35.9 Å². The van der Waals surface area contributed by atoms with E-state index in [0.717, 1.165) is 12.2 Å². The number of allylic oxidation sites excluding steroid dienone is 3. The molecule has 0 unspecified atom stereocenters. The van der Waals surface area contributed by atoms with Crippen molar-refractivity contribution in [3.05, 3.63) is 47.1 Å². The summed E-state index contributed by atoms with van der Waals surface area (Å²) in [5.74, 6) is 1.51. The summed E-state index contributed by atoms with van der Waals surface area (Å²) < 4.78 is 5.25. The average molecular weight is 214 g/mol. The molecule has 84 valence electrons. The van der Waals surface area contributed by atoms with Crippen LogP contribution < -0.4 is 4.74 Å². The van der Waals surface area contributed by atoms with Crippen molar-refractivity contribution >= 4 is 6.08 Å². The van der Waals surface area contributed by atoms with Gasteiger partial charge in [0, 0.05) is 0 Å². The average Bonchev–Trinajstić information content (AvgIpc) is 2.49. The molecule has 0 spiro atoms. The first-order valence-corrected chi connectivity index (χ1v) is 5.75. The normalized spacial score (nSPS) is 14.4. The zero-order chi connectivity index (χ0) is 11.5. The second-order valence-corrected chi connectivity index (χ2v) is 4.47. The Balaban J connectivity index is 2.44. The van der Waals surface area contributed by atoms with Crippen LogP contribution in [0, 0.1) is 5.92 Å². The van der Waals surface area contributed by atoms with E-state index in [4.69, 9.17) is 4.74 Å². The van der Waals surface area contributed by atoms with Crippen LogP contribution >= 0.6 is 0 Å². The Kier molecular flexibility index (Phi) is 3.14. The standard InChI is InChI=1S/C15H18O/c1-11(2)12-5-4-6-13-10-15(16-3)8-7-14(13)9-12/h4-5,7-11H,6H2,1-3H3. The third-order valence-corrected chi connectivity index (χ3v) is 2.99. The van der Waals surface area contributed by atoms with Crippen molar-refractivity contribution in [1.29, 1.82) is 0 Å². The number of hydrogen-bond donors (Lipinski definition) is 0. The van der Waals surface area contributed by atoms with Gasteiger partial charge in [0.1, 0.15) is 5.75 Å². The first-order valence-electron chi connectivity index (χ1n) is 5.75. The van der Waals surface area contributed by atoms with Gasteiger partial charge in [0.25, 0.3) is 0 Å². The molecule has 0 saturated heterocycles. The van der Waals surface area contributed by atoms with Crippen molar-refractivity contribution in [3.8, 4) is 5.75 Å². The van der Waals surface area contributed by atoms with Gasteiger partial charge in [-0.3, -0.25) is 0 Å². The zero-order valence-corrected chi connectivity index (χ0v) is 10.2. The number of ether oxygens (including phenoxy) is 1. The molecule has 0 heterocycles. The molecule has 1 heteroatoms. The third-order valence-electron chi connectivity index (χ3n) is 2.99. The van der Waals surface area contributed by atoms with Gasteiger partial charge in [0.15, 0.2) is 0 Å². The Morgan fingerprint density at radius 2 is 2.06 bits per heavy atom. The van der Waals surface area contributed by atoms with Crippen LogP contribution in [0.1, 0.15) is 25.0 Å². The number of methoxy groups -OCH3 is 1. The summed E-state index contributed by atoms with van der Waals surface area (Å²) in [4.78, 5) is 0. The lowest BCUT2D eigenvalue weighted by atomic mass is 10.00. The predicted molar refractivity (Wildman–Crippen MR) is 68.7 cm³/mol. The maximum atomic E-state index is 5.25. The van der Waals surface area contributed by atoms with Gasteiger partial charge in [-0.25, -0.2) is 0 Å². The quantitative estimate of drug-likeness (QED) is 0.726. The van der Waals surface area contributed by atoms with Gasteiger partial charge in [-0.05, 0) is 41.2 Å². The van der Waals surface area contributed by atoms with E-state index in [2.05, 4.69) is 44.2 Å². The highest BCUT2D eigenvalue weighted by atomic mass is 16.5. The van der Waals surface area contributed by atoms with E-state index < -0.39 is 0 Å². The lowest BCUT2D eigenvalue weighted by molar-refractivity contribution is 0.414. The minimum Gasteiger partial charge on any atom is -0.497 e. The van der Waals surface area contributed by atoms with Gasteiger partial charge in [-0.1, -0.05) is 38.1 Å². The van der Waals surface area contributed by atoms with Gasteiger partial charge >= 0.3 is 0 Å². The minimum absolute atomic E-state index is 0.573. The molecule has 0 bridgehead atoms. The molecular weight excluding hydrogens is 196 g/mol. The molecule has 0 saturated carbocycles. The van der Waals surface area contributed by atoms with E-state index in [-0.39, 0.29) is 0 Å². The smallest absolute Gasteiger partial charge is 0.119 e. The Bertz CT molecular complexity index is 439. The van der Waals surface area contributed by atoms with Crippen LogP contribution in [-0.4, -0.2) is 7.11 Å².